The van der Waals surface area contributed by atoms with Crippen LogP contribution in [0.3, 0.4) is 0 Å². The van der Waals surface area contributed by atoms with Crippen LogP contribution in [0.1, 0.15) is 79.6 Å². The third kappa shape index (κ3) is 2.55. The quantitative estimate of drug-likeness (QED) is 0.695. The molecule has 4 rings (SSSR count). The number of alkyl halides is 1. The fourth-order valence-electron chi connectivity index (χ4n) is 7.01. The highest BCUT2D eigenvalue weighted by atomic mass is 19.1. The van der Waals surface area contributed by atoms with E-state index in [2.05, 4.69) is 6.92 Å². The smallest absolute Gasteiger partial charge is 0.155 e. The molecule has 3 fully saturated rings. The summed E-state index contributed by atoms with van der Waals surface area (Å²) in [5.74, 6) is 0.198. The van der Waals surface area contributed by atoms with E-state index in [4.69, 9.17) is 4.74 Å². The molecule has 0 aromatic rings. The molecule has 0 aromatic heterocycles. The zero-order valence-corrected chi connectivity index (χ0v) is 17.9. The van der Waals surface area contributed by atoms with Gasteiger partial charge in [0.1, 0.15) is 5.67 Å². The minimum absolute atomic E-state index is 0.111. The average molecular weight is 381 g/mol. The molecule has 7 unspecified atom stereocenters. The number of hydrogen-bond acceptors (Lipinski definition) is 3. The van der Waals surface area contributed by atoms with Crippen LogP contribution >= 0.6 is 0 Å². The van der Waals surface area contributed by atoms with Crippen LogP contribution in [0.4, 0.5) is 4.39 Å². The zero-order valence-electron chi connectivity index (χ0n) is 17.9. The summed E-state index contributed by atoms with van der Waals surface area (Å²) in [6.07, 6.45) is 5.88. The molecule has 0 heterocycles. The molecule has 154 valence electrons. The Labute approximate surface area is 163 Å². The van der Waals surface area contributed by atoms with Crippen LogP contribution in [0.2, 0.25) is 0 Å². The standard InChI is InChI=1S/C21H31FO3.C2H6/c1-18-9-7-14(23)11-13(18)5-6-16-15-8-10-20(3,24)19(15,2)12-17(25-4)21(16,18)22;1-2/h11,15-17,24H,5-10,12H2,1-4H3;1-2H3. The number of rotatable bonds is 1. The predicted molar refractivity (Wildman–Crippen MR) is 105 cm³/mol. The van der Waals surface area contributed by atoms with E-state index in [-0.39, 0.29) is 23.0 Å². The summed E-state index contributed by atoms with van der Waals surface area (Å²) >= 11 is 0. The first-order valence-electron chi connectivity index (χ1n) is 10.8. The first-order valence-corrected chi connectivity index (χ1v) is 10.8. The molecule has 4 aliphatic rings. The highest BCUT2D eigenvalue weighted by molar-refractivity contribution is 5.91. The molecule has 1 N–H and O–H groups in total. The van der Waals surface area contributed by atoms with Crippen LogP contribution in [-0.4, -0.2) is 35.4 Å². The highest BCUT2D eigenvalue weighted by Gasteiger charge is 2.72. The Balaban J connectivity index is 0.00000102. The van der Waals surface area contributed by atoms with Crippen molar-refractivity contribution in [2.75, 3.05) is 7.11 Å². The number of halogens is 1. The van der Waals surface area contributed by atoms with Gasteiger partial charge in [-0.05, 0) is 57.4 Å². The van der Waals surface area contributed by atoms with Gasteiger partial charge >= 0.3 is 0 Å². The summed E-state index contributed by atoms with van der Waals surface area (Å²) in [4.78, 5) is 11.9. The molecule has 0 aromatic carbocycles. The van der Waals surface area contributed by atoms with Gasteiger partial charge in [-0.15, -0.1) is 0 Å². The van der Waals surface area contributed by atoms with Crippen molar-refractivity contribution in [2.24, 2.45) is 22.7 Å². The van der Waals surface area contributed by atoms with E-state index in [1.807, 2.05) is 27.7 Å². The van der Waals surface area contributed by atoms with Crippen LogP contribution in [0.25, 0.3) is 0 Å². The molecule has 4 aliphatic carbocycles. The highest BCUT2D eigenvalue weighted by Crippen LogP contribution is 2.70. The lowest BCUT2D eigenvalue weighted by Gasteiger charge is -2.64. The Hall–Kier alpha value is -0.740. The van der Waals surface area contributed by atoms with E-state index in [0.717, 1.165) is 31.3 Å². The lowest BCUT2D eigenvalue weighted by Crippen LogP contribution is -2.68. The van der Waals surface area contributed by atoms with E-state index < -0.39 is 22.8 Å². The molecule has 3 nitrogen and oxygen atoms in total. The van der Waals surface area contributed by atoms with Gasteiger partial charge in [0.25, 0.3) is 0 Å². The number of carbonyl (C=O) groups excluding carboxylic acids is 1. The average Bonchev–Trinajstić information content (AvgIpc) is 2.87. The molecule has 0 radical (unpaired) electrons. The van der Waals surface area contributed by atoms with Crippen molar-refractivity contribution in [2.45, 2.75) is 96.9 Å². The monoisotopic (exact) mass is 380 g/mol. The Morgan fingerprint density at radius 1 is 1.11 bits per heavy atom. The largest absolute Gasteiger partial charge is 0.390 e. The number of ketones is 1. The topological polar surface area (TPSA) is 46.5 Å². The van der Waals surface area contributed by atoms with Gasteiger partial charge in [-0.1, -0.05) is 33.3 Å². The van der Waals surface area contributed by atoms with Crippen LogP contribution in [-0.2, 0) is 9.53 Å². The third-order valence-electron chi connectivity index (χ3n) is 8.86. The molecule has 0 aliphatic heterocycles. The first-order chi connectivity index (χ1) is 12.6. The Morgan fingerprint density at radius 3 is 2.41 bits per heavy atom. The molecule has 4 heteroatoms. The number of aliphatic hydroxyl groups is 1. The molecular weight excluding hydrogens is 343 g/mol. The maximum Gasteiger partial charge on any atom is 0.155 e. The summed E-state index contributed by atoms with van der Waals surface area (Å²) < 4.78 is 22.8. The summed E-state index contributed by atoms with van der Waals surface area (Å²) in [6.45, 7) is 10.1. The minimum atomic E-state index is -1.46. The minimum Gasteiger partial charge on any atom is -0.390 e. The number of fused-ring (bicyclic) bond motifs is 5. The molecule has 0 spiro atoms. The van der Waals surface area contributed by atoms with Crippen molar-refractivity contribution < 1.29 is 19.0 Å². The van der Waals surface area contributed by atoms with E-state index in [0.29, 0.717) is 19.3 Å². The maximum absolute atomic E-state index is 17.0. The number of allylic oxidation sites excluding steroid dienone is 1. The van der Waals surface area contributed by atoms with E-state index in [1.165, 1.54) is 0 Å². The first kappa shape index (κ1) is 21.0. The van der Waals surface area contributed by atoms with Gasteiger partial charge in [-0.25, -0.2) is 4.39 Å². The fraction of sp³-hybridized carbons (Fsp3) is 0.870. The van der Waals surface area contributed by atoms with Crippen LogP contribution in [0, 0.1) is 22.7 Å². The van der Waals surface area contributed by atoms with E-state index >= 15 is 4.39 Å². The molecule has 0 saturated heterocycles. The molecular formula is C23H37FO3. The van der Waals surface area contributed by atoms with E-state index in [9.17, 15) is 9.90 Å². The van der Waals surface area contributed by atoms with Crippen molar-refractivity contribution in [3.63, 3.8) is 0 Å². The molecule has 3 saturated carbocycles. The summed E-state index contributed by atoms with van der Waals surface area (Å²) in [5, 5.41) is 11.0. The third-order valence-corrected chi connectivity index (χ3v) is 8.86. The lowest BCUT2D eigenvalue weighted by atomic mass is 9.44. The van der Waals surface area contributed by atoms with Crippen molar-refractivity contribution in [1.29, 1.82) is 0 Å². The van der Waals surface area contributed by atoms with Gasteiger partial charge in [0, 0.05) is 30.3 Å². The van der Waals surface area contributed by atoms with Crippen molar-refractivity contribution in [3.8, 4) is 0 Å². The number of carbonyl (C=O) groups is 1. The van der Waals surface area contributed by atoms with Crippen molar-refractivity contribution in [1.82, 2.24) is 0 Å². The normalized spacial score (nSPS) is 51.3. The number of methoxy groups -OCH3 is 1. The van der Waals surface area contributed by atoms with Crippen molar-refractivity contribution >= 4 is 5.78 Å². The SMILES string of the molecule is CC.COC1CC2(C)C(CCC2(C)O)C2CCC3=CC(=O)CCC3(C)C12F. The van der Waals surface area contributed by atoms with Gasteiger partial charge in [0.15, 0.2) is 5.78 Å². The molecule has 27 heavy (non-hydrogen) atoms. The van der Waals surface area contributed by atoms with Gasteiger partial charge in [0.2, 0.25) is 0 Å². The second-order valence-corrected chi connectivity index (χ2v) is 9.65. The zero-order chi connectivity index (χ0) is 20.3. The lowest BCUT2D eigenvalue weighted by molar-refractivity contribution is -0.232. The van der Waals surface area contributed by atoms with Crippen LogP contribution in [0.5, 0.6) is 0 Å². The summed E-state index contributed by atoms with van der Waals surface area (Å²) in [5.41, 5.74) is -2.18. The number of ether oxygens (including phenoxy) is 1. The summed E-state index contributed by atoms with van der Waals surface area (Å²) in [6, 6.07) is 0. The van der Waals surface area contributed by atoms with E-state index in [1.54, 1.807) is 13.2 Å². The molecule has 0 amide bonds. The van der Waals surface area contributed by atoms with Crippen LogP contribution < -0.4 is 0 Å². The Bertz CT molecular complexity index is 642. The summed E-state index contributed by atoms with van der Waals surface area (Å²) in [7, 11) is 1.60. The Morgan fingerprint density at radius 2 is 1.78 bits per heavy atom. The molecule has 0 bridgehead atoms. The number of hydrogen-bond donors (Lipinski definition) is 1. The van der Waals surface area contributed by atoms with Gasteiger partial charge < -0.3 is 9.84 Å². The van der Waals surface area contributed by atoms with Gasteiger partial charge in [-0.2, -0.15) is 0 Å². The fourth-order valence-corrected chi connectivity index (χ4v) is 7.01. The second-order valence-electron chi connectivity index (χ2n) is 9.65. The maximum atomic E-state index is 17.0. The Kier molecular flexibility index (Phi) is 5.17. The van der Waals surface area contributed by atoms with Gasteiger partial charge in [-0.3, -0.25) is 4.79 Å². The van der Waals surface area contributed by atoms with Gasteiger partial charge in [0.05, 0.1) is 11.7 Å². The second kappa shape index (κ2) is 6.66. The van der Waals surface area contributed by atoms with Crippen molar-refractivity contribution in [3.05, 3.63) is 11.6 Å². The predicted octanol–water partition coefficient (Wildman–Crippen LogP) is 5.01. The molecule has 7 atom stereocenters. The van der Waals surface area contributed by atoms with Crippen LogP contribution in [0.15, 0.2) is 11.6 Å².